The zero-order valence-electron chi connectivity index (χ0n) is 26.1. The Bertz CT molecular complexity index is 1420. The van der Waals surface area contributed by atoms with Crippen molar-refractivity contribution in [2.45, 2.75) is 59.0 Å². The molecule has 0 radical (unpaired) electrons. The Morgan fingerprint density at radius 2 is 1.61 bits per heavy atom. The van der Waals surface area contributed by atoms with E-state index in [0.29, 0.717) is 13.0 Å². The SMILES string of the molecule is Cc1cc(NC(=O)CCCN(C)C(=O)CCOC(=O)N(c2ccccc2-c2ccccc2)N2CCCCC2)c(C)cc1CO. The number of hydrazine groups is 1. The molecule has 3 aromatic carbocycles. The molecule has 0 aliphatic carbocycles. The number of nitrogens with zero attached hydrogens (tertiary/aromatic N) is 3. The number of rotatable bonds is 12. The zero-order valence-corrected chi connectivity index (χ0v) is 26.1. The van der Waals surface area contributed by atoms with Gasteiger partial charge in [-0.25, -0.2) is 14.8 Å². The summed E-state index contributed by atoms with van der Waals surface area (Å²) in [4.78, 5) is 40.4. The first-order chi connectivity index (χ1) is 21.3. The molecule has 1 saturated heterocycles. The highest BCUT2D eigenvalue weighted by Gasteiger charge is 2.28. The Kier molecular flexibility index (Phi) is 11.9. The molecule has 234 valence electrons. The summed E-state index contributed by atoms with van der Waals surface area (Å²) in [5.74, 6) is -0.286. The molecule has 0 unspecified atom stereocenters. The number of piperidine rings is 1. The van der Waals surface area contributed by atoms with Crippen LogP contribution < -0.4 is 10.3 Å². The minimum atomic E-state index is -0.500. The van der Waals surface area contributed by atoms with Crippen molar-refractivity contribution >= 4 is 29.3 Å². The lowest BCUT2D eigenvalue weighted by atomic mass is 10.0. The van der Waals surface area contributed by atoms with Crippen molar-refractivity contribution < 1.29 is 24.2 Å². The number of carbonyl (C=O) groups excluding carboxylic acids is 3. The molecule has 0 spiro atoms. The van der Waals surface area contributed by atoms with Gasteiger partial charge in [-0.2, -0.15) is 0 Å². The van der Waals surface area contributed by atoms with Crippen LogP contribution in [0.3, 0.4) is 0 Å². The Morgan fingerprint density at radius 3 is 2.34 bits per heavy atom. The zero-order chi connectivity index (χ0) is 31.5. The summed E-state index contributed by atoms with van der Waals surface area (Å²) < 4.78 is 5.69. The topological polar surface area (TPSA) is 102 Å². The fraction of sp³-hybridized carbons (Fsp3) is 0.400. The average Bonchev–Trinajstić information content (AvgIpc) is 3.03. The van der Waals surface area contributed by atoms with Crippen LogP contribution in [0.25, 0.3) is 11.1 Å². The van der Waals surface area contributed by atoms with Crippen LogP contribution in [-0.2, 0) is 20.9 Å². The van der Waals surface area contributed by atoms with Crippen LogP contribution in [0.5, 0.6) is 0 Å². The minimum absolute atomic E-state index is 0.0389. The number of para-hydroxylation sites is 1. The van der Waals surface area contributed by atoms with Crippen molar-refractivity contribution in [2.24, 2.45) is 0 Å². The third kappa shape index (κ3) is 8.67. The largest absolute Gasteiger partial charge is 0.448 e. The van der Waals surface area contributed by atoms with E-state index in [2.05, 4.69) is 5.32 Å². The molecule has 0 bridgehead atoms. The summed E-state index contributed by atoms with van der Waals surface area (Å²) in [5, 5.41) is 16.0. The summed E-state index contributed by atoms with van der Waals surface area (Å²) in [6.45, 7) is 5.62. The Labute approximate surface area is 260 Å². The number of amides is 3. The first kappa shape index (κ1) is 32.7. The van der Waals surface area contributed by atoms with Crippen molar-refractivity contribution in [1.82, 2.24) is 9.91 Å². The van der Waals surface area contributed by atoms with E-state index in [1.807, 2.05) is 85.6 Å². The standard InChI is InChI=1S/C35H44N4O5/c1-26-24-31(27(2)23-29(26)25-40)36-33(41)17-12-19-37(3)34(42)18-22-44-35(43)39(38-20-10-5-11-21-38)32-16-9-8-15-30(32)28-13-6-4-7-14-28/h4,6-9,13-16,23-24,40H,5,10-12,17-22,25H2,1-3H3,(H,36,41). The van der Waals surface area contributed by atoms with E-state index in [1.165, 1.54) is 0 Å². The molecule has 9 nitrogen and oxygen atoms in total. The normalized spacial score (nSPS) is 13.3. The number of aliphatic hydroxyl groups is 1. The molecule has 0 atom stereocenters. The fourth-order valence-electron chi connectivity index (χ4n) is 5.44. The minimum Gasteiger partial charge on any atom is -0.448 e. The Hall–Kier alpha value is -4.21. The van der Waals surface area contributed by atoms with Gasteiger partial charge in [0.05, 0.1) is 18.7 Å². The van der Waals surface area contributed by atoms with Crippen LogP contribution in [0.4, 0.5) is 16.2 Å². The molecule has 44 heavy (non-hydrogen) atoms. The van der Waals surface area contributed by atoms with Gasteiger partial charge in [0.1, 0.15) is 6.61 Å². The van der Waals surface area contributed by atoms with Gasteiger partial charge in [-0.3, -0.25) is 9.59 Å². The predicted molar refractivity (Wildman–Crippen MR) is 173 cm³/mol. The summed E-state index contributed by atoms with van der Waals surface area (Å²) >= 11 is 0. The number of aryl methyl sites for hydroxylation is 2. The van der Waals surface area contributed by atoms with Gasteiger partial charge in [-0.15, -0.1) is 0 Å². The smallest absolute Gasteiger partial charge is 0.429 e. The van der Waals surface area contributed by atoms with Crippen molar-refractivity contribution in [3.05, 3.63) is 83.4 Å². The Balaban J connectivity index is 1.29. The van der Waals surface area contributed by atoms with Crippen LogP contribution in [0.15, 0.2) is 66.7 Å². The number of hydrogen-bond acceptors (Lipinski definition) is 6. The van der Waals surface area contributed by atoms with Crippen LogP contribution in [0.1, 0.15) is 55.2 Å². The van der Waals surface area contributed by atoms with Crippen molar-refractivity contribution in [2.75, 3.05) is 43.6 Å². The number of benzene rings is 3. The fourth-order valence-corrected chi connectivity index (χ4v) is 5.44. The van der Waals surface area contributed by atoms with E-state index in [9.17, 15) is 19.5 Å². The summed E-state index contributed by atoms with van der Waals surface area (Å²) in [7, 11) is 1.69. The molecule has 1 aliphatic rings. The van der Waals surface area contributed by atoms with Gasteiger partial charge in [-0.1, -0.05) is 61.0 Å². The Morgan fingerprint density at radius 1 is 0.909 bits per heavy atom. The molecule has 3 amide bonds. The highest BCUT2D eigenvalue weighted by Crippen LogP contribution is 2.33. The van der Waals surface area contributed by atoms with E-state index in [4.69, 9.17) is 4.74 Å². The van der Waals surface area contributed by atoms with Crippen molar-refractivity contribution in [3.8, 4) is 11.1 Å². The van der Waals surface area contributed by atoms with Gasteiger partial charge < -0.3 is 20.1 Å². The van der Waals surface area contributed by atoms with Crippen molar-refractivity contribution in [1.29, 1.82) is 0 Å². The van der Waals surface area contributed by atoms with Crippen LogP contribution in [0, 0.1) is 13.8 Å². The summed E-state index contributed by atoms with van der Waals surface area (Å²) in [5.41, 5.74) is 6.05. The number of ether oxygens (including phenoxy) is 1. The molecule has 0 saturated carbocycles. The van der Waals surface area contributed by atoms with Crippen LogP contribution >= 0.6 is 0 Å². The maximum Gasteiger partial charge on any atom is 0.429 e. The number of hydrogen-bond donors (Lipinski definition) is 2. The van der Waals surface area contributed by atoms with E-state index >= 15 is 0 Å². The lowest BCUT2D eigenvalue weighted by Crippen LogP contribution is -2.49. The molecule has 3 aromatic rings. The highest BCUT2D eigenvalue weighted by atomic mass is 16.6. The van der Waals surface area contributed by atoms with Gasteiger partial charge >= 0.3 is 6.09 Å². The van der Waals surface area contributed by atoms with Gasteiger partial charge in [0.2, 0.25) is 11.8 Å². The van der Waals surface area contributed by atoms with Gasteiger partial charge in [0, 0.05) is 44.4 Å². The number of carbonyl (C=O) groups is 3. The van der Waals surface area contributed by atoms with Crippen LogP contribution in [0.2, 0.25) is 0 Å². The van der Waals surface area contributed by atoms with Gasteiger partial charge in [0.25, 0.3) is 0 Å². The van der Waals surface area contributed by atoms with E-state index < -0.39 is 6.09 Å². The lowest BCUT2D eigenvalue weighted by Gasteiger charge is -2.37. The van der Waals surface area contributed by atoms with Gasteiger partial charge in [-0.05, 0) is 67.5 Å². The first-order valence-electron chi connectivity index (χ1n) is 15.4. The molecule has 1 fully saturated rings. The maximum atomic E-state index is 13.5. The van der Waals surface area contributed by atoms with Crippen molar-refractivity contribution in [3.63, 3.8) is 0 Å². The second kappa shape index (κ2) is 16.0. The maximum absolute atomic E-state index is 13.5. The second-order valence-corrected chi connectivity index (χ2v) is 11.3. The molecule has 4 rings (SSSR count). The molecule has 1 aliphatic heterocycles. The predicted octanol–water partition coefficient (Wildman–Crippen LogP) is 6.07. The second-order valence-electron chi connectivity index (χ2n) is 11.3. The number of nitrogens with one attached hydrogen (secondary N) is 1. The molecule has 1 heterocycles. The summed E-state index contributed by atoms with van der Waals surface area (Å²) in [6, 6.07) is 21.5. The van der Waals surface area contributed by atoms with E-state index in [0.717, 1.165) is 71.5 Å². The highest BCUT2D eigenvalue weighted by molar-refractivity contribution is 5.93. The lowest BCUT2D eigenvalue weighted by molar-refractivity contribution is -0.131. The molecular formula is C35H44N4O5. The van der Waals surface area contributed by atoms with Gasteiger partial charge in [0.15, 0.2) is 0 Å². The van der Waals surface area contributed by atoms with E-state index in [1.54, 1.807) is 17.0 Å². The average molecular weight is 601 g/mol. The number of aliphatic hydroxyl groups excluding tert-OH is 1. The van der Waals surface area contributed by atoms with E-state index in [-0.39, 0.29) is 37.9 Å². The molecule has 0 aromatic heterocycles. The molecule has 9 heteroatoms. The molecular weight excluding hydrogens is 556 g/mol. The molecule has 2 N–H and O–H groups in total. The summed E-state index contributed by atoms with van der Waals surface area (Å²) in [6.07, 6.45) is 3.43. The monoisotopic (exact) mass is 600 g/mol. The number of anilines is 2. The van der Waals surface area contributed by atoms with Crippen LogP contribution in [-0.4, -0.2) is 66.2 Å². The quantitative estimate of drug-likeness (QED) is 0.262. The first-order valence-corrected chi connectivity index (χ1v) is 15.4. The third-order valence-electron chi connectivity index (χ3n) is 8.00. The third-order valence-corrected chi connectivity index (χ3v) is 8.00.